The molecule has 1 aromatic carbocycles. The van der Waals surface area contributed by atoms with Crippen molar-refractivity contribution in [2.75, 3.05) is 17.2 Å². The zero-order valence-corrected chi connectivity index (χ0v) is 18.8. The van der Waals surface area contributed by atoms with Crippen molar-refractivity contribution in [3.8, 4) is 0 Å². The topological polar surface area (TPSA) is 93.7 Å². The Hall–Kier alpha value is -2.67. The van der Waals surface area contributed by atoms with E-state index in [4.69, 9.17) is 20.7 Å². The number of aromatic nitrogens is 4. The number of hydrogen-bond donors (Lipinski definition) is 3. The largest absolute Gasteiger partial charge is 0.368 e. The summed E-state index contributed by atoms with van der Waals surface area (Å²) in [5.74, 6) is 1.55. The van der Waals surface area contributed by atoms with Crippen molar-refractivity contribution in [2.24, 2.45) is 5.73 Å². The van der Waals surface area contributed by atoms with Gasteiger partial charge in [0.25, 0.3) is 0 Å². The van der Waals surface area contributed by atoms with Crippen LogP contribution in [-0.2, 0) is 6.42 Å². The van der Waals surface area contributed by atoms with Gasteiger partial charge in [0.05, 0.1) is 6.33 Å². The Morgan fingerprint density at radius 2 is 1.75 bits per heavy atom. The summed E-state index contributed by atoms with van der Waals surface area (Å²) in [4.78, 5) is 14.5. The SMILES string of the molecule is N[C@H]1CC[C@H](Nc2nc(NCCCc3ccccc3)c3ncn(C4CCCC4)c3n2)CC1. The van der Waals surface area contributed by atoms with E-state index in [1.165, 1.54) is 31.2 Å². The summed E-state index contributed by atoms with van der Waals surface area (Å²) < 4.78 is 2.28. The molecule has 3 aromatic rings. The van der Waals surface area contributed by atoms with E-state index in [9.17, 15) is 0 Å². The van der Waals surface area contributed by atoms with Crippen molar-refractivity contribution < 1.29 is 0 Å². The van der Waals surface area contributed by atoms with Gasteiger partial charge in [-0.2, -0.15) is 9.97 Å². The van der Waals surface area contributed by atoms with Crippen molar-refractivity contribution in [3.63, 3.8) is 0 Å². The van der Waals surface area contributed by atoms with E-state index in [1.807, 2.05) is 6.33 Å². The third-order valence-electron chi connectivity index (χ3n) is 7.02. The van der Waals surface area contributed by atoms with Gasteiger partial charge in [0.2, 0.25) is 5.95 Å². The molecule has 2 fully saturated rings. The van der Waals surface area contributed by atoms with E-state index in [0.29, 0.717) is 24.1 Å². The number of nitrogens with zero attached hydrogens (tertiary/aromatic N) is 4. The van der Waals surface area contributed by atoms with Gasteiger partial charge in [0.15, 0.2) is 17.0 Å². The predicted molar refractivity (Wildman–Crippen MR) is 130 cm³/mol. The number of aryl methyl sites for hydroxylation is 1. The van der Waals surface area contributed by atoms with Crippen LogP contribution in [0.1, 0.15) is 69.4 Å². The van der Waals surface area contributed by atoms with Crippen LogP contribution in [0, 0.1) is 0 Å². The molecule has 2 aliphatic carbocycles. The lowest BCUT2D eigenvalue weighted by Gasteiger charge is -2.27. The van der Waals surface area contributed by atoms with E-state index in [-0.39, 0.29) is 0 Å². The standard InChI is InChI=1S/C25H35N7/c26-19-12-14-20(15-13-19)29-25-30-23(27-16-6-9-18-7-2-1-3-8-18)22-24(31-25)32(17-28-22)21-10-4-5-11-21/h1-3,7-8,17,19-21H,4-6,9-16,26H2,(H2,27,29,30,31)/t19-,20-. The van der Waals surface area contributed by atoms with E-state index in [0.717, 1.165) is 62.1 Å². The van der Waals surface area contributed by atoms with Gasteiger partial charge in [-0.05, 0) is 56.9 Å². The maximum absolute atomic E-state index is 6.09. The molecule has 4 N–H and O–H groups in total. The smallest absolute Gasteiger partial charge is 0.227 e. The molecule has 5 rings (SSSR count). The molecule has 0 amide bonds. The maximum atomic E-state index is 6.09. The Balaban J connectivity index is 1.34. The van der Waals surface area contributed by atoms with Crippen LogP contribution in [0.4, 0.5) is 11.8 Å². The van der Waals surface area contributed by atoms with Crippen LogP contribution in [0.5, 0.6) is 0 Å². The summed E-state index contributed by atoms with van der Waals surface area (Å²) in [6.07, 6.45) is 13.3. The highest BCUT2D eigenvalue weighted by atomic mass is 15.2. The van der Waals surface area contributed by atoms with E-state index in [1.54, 1.807) is 0 Å². The first kappa shape index (κ1) is 21.2. The molecular formula is C25H35N7. The molecule has 0 atom stereocenters. The summed E-state index contributed by atoms with van der Waals surface area (Å²) in [7, 11) is 0. The second-order valence-corrected chi connectivity index (χ2v) is 9.43. The van der Waals surface area contributed by atoms with Gasteiger partial charge in [-0.25, -0.2) is 4.98 Å². The van der Waals surface area contributed by atoms with Crippen LogP contribution in [-0.4, -0.2) is 38.1 Å². The highest BCUT2D eigenvalue weighted by molar-refractivity contribution is 5.84. The fourth-order valence-corrected chi connectivity index (χ4v) is 5.14. The molecule has 0 spiro atoms. The van der Waals surface area contributed by atoms with Gasteiger partial charge in [-0.1, -0.05) is 43.2 Å². The van der Waals surface area contributed by atoms with Crippen LogP contribution >= 0.6 is 0 Å². The van der Waals surface area contributed by atoms with E-state index < -0.39 is 0 Å². The molecule has 2 aliphatic rings. The molecule has 7 nitrogen and oxygen atoms in total. The van der Waals surface area contributed by atoms with E-state index in [2.05, 4.69) is 45.5 Å². The summed E-state index contributed by atoms with van der Waals surface area (Å²) in [5, 5.41) is 7.16. The molecule has 0 saturated heterocycles. The number of fused-ring (bicyclic) bond motifs is 1. The average molecular weight is 434 g/mol. The molecule has 32 heavy (non-hydrogen) atoms. The van der Waals surface area contributed by atoms with Crippen LogP contribution in [0.2, 0.25) is 0 Å². The second kappa shape index (κ2) is 9.86. The van der Waals surface area contributed by atoms with Crippen molar-refractivity contribution >= 4 is 22.9 Å². The highest BCUT2D eigenvalue weighted by Crippen LogP contribution is 2.33. The fraction of sp³-hybridized carbons (Fsp3) is 0.560. The van der Waals surface area contributed by atoms with E-state index >= 15 is 0 Å². The first-order chi connectivity index (χ1) is 15.8. The number of nitrogens with two attached hydrogens (primary N) is 1. The number of nitrogens with one attached hydrogen (secondary N) is 2. The number of rotatable bonds is 8. The predicted octanol–water partition coefficient (Wildman–Crippen LogP) is 4.67. The Labute approximate surface area is 190 Å². The van der Waals surface area contributed by atoms with Crippen molar-refractivity contribution in [1.82, 2.24) is 19.5 Å². The molecule has 170 valence electrons. The fourth-order valence-electron chi connectivity index (χ4n) is 5.14. The van der Waals surface area contributed by atoms with Crippen LogP contribution in [0.3, 0.4) is 0 Å². The van der Waals surface area contributed by atoms with Gasteiger partial charge in [0.1, 0.15) is 0 Å². The number of benzene rings is 1. The average Bonchev–Trinajstić information content (AvgIpc) is 3.49. The Kier molecular flexibility index (Phi) is 6.53. The van der Waals surface area contributed by atoms with Crippen molar-refractivity contribution in [1.29, 1.82) is 0 Å². The number of imidazole rings is 1. The molecule has 2 heterocycles. The molecule has 0 unspecified atom stereocenters. The maximum Gasteiger partial charge on any atom is 0.227 e. The molecule has 7 heteroatoms. The molecule has 0 bridgehead atoms. The lowest BCUT2D eigenvalue weighted by atomic mass is 9.92. The Bertz CT molecular complexity index is 1000. The Morgan fingerprint density at radius 1 is 0.969 bits per heavy atom. The molecule has 2 aromatic heterocycles. The first-order valence-corrected chi connectivity index (χ1v) is 12.3. The number of hydrogen-bond acceptors (Lipinski definition) is 6. The second-order valence-electron chi connectivity index (χ2n) is 9.43. The lowest BCUT2D eigenvalue weighted by molar-refractivity contribution is 0.410. The summed E-state index contributed by atoms with van der Waals surface area (Å²) in [6, 6.07) is 11.9. The van der Waals surface area contributed by atoms with Gasteiger partial charge in [-0.15, -0.1) is 0 Å². The third-order valence-corrected chi connectivity index (χ3v) is 7.02. The summed E-state index contributed by atoms with van der Waals surface area (Å²) in [5.41, 5.74) is 9.29. The van der Waals surface area contributed by atoms with Gasteiger partial charge >= 0.3 is 0 Å². The zero-order valence-electron chi connectivity index (χ0n) is 18.8. The molecule has 0 radical (unpaired) electrons. The minimum absolute atomic E-state index is 0.335. The van der Waals surface area contributed by atoms with Crippen LogP contribution in [0.15, 0.2) is 36.7 Å². The number of anilines is 2. The summed E-state index contributed by atoms with van der Waals surface area (Å²) in [6.45, 7) is 0.856. The zero-order chi connectivity index (χ0) is 21.8. The quantitative estimate of drug-likeness (QED) is 0.447. The molecular weight excluding hydrogens is 398 g/mol. The van der Waals surface area contributed by atoms with Crippen molar-refractivity contribution in [2.45, 2.75) is 82.3 Å². The van der Waals surface area contributed by atoms with Gasteiger partial charge < -0.3 is 20.9 Å². The lowest BCUT2D eigenvalue weighted by Crippen LogP contribution is -2.33. The van der Waals surface area contributed by atoms with Gasteiger partial charge in [-0.3, -0.25) is 0 Å². The Morgan fingerprint density at radius 3 is 2.53 bits per heavy atom. The highest BCUT2D eigenvalue weighted by Gasteiger charge is 2.23. The minimum Gasteiger partial charge on any atom is -0.368 e. The van der Waals surface area contributed by atoms with Crippen molar-refractivity contribution in [3.05, 3.63) is 42.2 Å². The summed E-state index contributed by atoms with van der Waals surface area (Å²) >= 11 is 0. The van der Waals surface area contributed by atoms with Crippen LogP contribution in [0.25, 0.3) is 11.2 Å². The van der Waals surface area contributed by atoms with Gasteiger partial charge in [0, 0.05) is 24.7 Å². The minimum atomic E-state index is 0.335. The first-order valence-electron chi connectivity index (χ1n) is 12.3. The monoisotopic (exact) mass is 433 g/mol. The molecule has 2 saturated carbocycles. The van der Waals surface area contributed by atoms with Crippen LogP contribution < -0.4 is 16.4 Å². The normalized spacial score (nSPS) is 21.8. The molecule has 0 aliphatic heterocycles. The third kappa shape index (κ3) is 4.88.